The van der Waals surface area contributed by atoms with Crippen LogP contribution in [0.5, 0.6) is 0 Å². The van der Waals surface area contributed by atoms with E-state index < -0.39 is 0 Å². The average Bonchev–Trinajstić information content (AvgIpc) is 3.58. The molecule has 0 radical (unpaired) electrons. The Morgan fingerprint density at radius 1 is 1.13 bits per heavy atom. The van der Waals surface area contributed by atoms with E-state index in [1.807, 2.05) is 12.3 Å². The van der Waals surface area contributed by atoms with E-state index in [9.17, 15) is 0 Å². The zero-order chi connectivity index (χ0) is 20.7. The molecule has 2 aromatic heterocycles. The van der Waals surface area contributed by atoms with Gasteiger partial charge in [0.25, 0.3) is 0 Å². The van der Waals surface area contributed by atoms with E-state index >= 15 is 0 Å². The lowest BCUT2D eigenvalue weighted by Gasteiger charge is -2.14. The van der Waals surface area contributed by atoms with Crippen LogP contribution in [0.25, 0.3) is 27.8 Å². The van der Waals surface area contributed by atoms with E-state index in [1.54, 1.807) is 7.11 Å². The van der Waals surface area contributed by atoms with Crippen LogP contribution in [0.2, 0.25) is 0 Å². The molecule has 4 heteroatoms. The number of anilines is 2. The number of hydrogen-bond acceptors (Lipinski definition) is 3. The van der Waals surface area contributed by atoms with Crippen molar-refractivity contribution >= 4 is 28.2 Å². The Bertz CT molecular complexity index is 1240. The van der Waals surface area contributed by atoms with Gasteiger partial charge in [0.15, 0.2) is 0 Å². The summed E-state index contributed by atoms with van der Waals surface area (Å²) in [5.74, 6) is 2.02. The summed E-state index contributed by atoms with van der Waals surface area (Å²) in [7, 11) is 3.73. The van der Waals surface area contributed by atoms with Gasteiger partial charge in [-0.25, -0.2) is 4.98 Å². The predicted octanol–water partition coefficient (Wildman–Crippen LogP) is 6.48. The molecule has 30 heavy (non-hydrogen) atoms. The number of benzene rings is 2. The van der Waals surface area contributed by atoms with Gasteiger partial charge in [0.2, 0.25) is 0 Å². The number of fused-ring (bicyclic) bond motifs is 1. The van der Waals surface area contributed by atoms with E-state index in [1.165, 1.54) is 40.4 Å². The second-order valence-electron chi connectivity index (χ2n) is 7.94. The van der Waals surface area contributed by atoms with Crippen molar-refractivity contribution in [1.29, 1.82) is 0 Å². The molecular weight excluding hydrogens is 370 g/mol. The fourth-order valence-corrected chi connectivity index (χ4v) is 3.99. The molecule has 0 spiro atoms. The average molecular weight is 396 g/mol. The fraction of sp³-hybridized carbons (Fsp3) is 0.192. The maximum Gasteiger partial charge on any atom is 0.141 e. The quantitative estimate of drug-likeness (QED) is 0.380. The molecule has 0 bridgehead atoms. The Kier molecular flexibility index (Phi) is 4.55. The Hall–Kier alpha value is -3.53. The van der Waals surface area contributed by atoms with E-state index in [0.29, 0.717) is 11.7 Å². The minimum absolute atomic E-state index is 0.624. The molecule has 150 valence electrons. The second-order valence-corrected chi connectivity index (χ2v) is 7.94. The van der Waals surface area contributed by atoms with Crippen molar-refractivity contribution in [3.8, 4) is 11.1 Å². The first kappa shape index (κ1) is 18.5. The highest BCUT2D eigenvalue weighted by atomic mass is 16.5. The number of aryl methyl sites for hydroxylation is 1. The molecule has 1 saturated carbocycles. The number of rotatable bonds is 6. The summed E-state index contributed by atoms with van der Waals surface area (Å²) in [5.41, 5.74) is 6.79. The molecule has 0 aliphatic heterocycles. The molecule has 0 unspecified atom stereocenters. The molecule has 1 fully saturated rings. The third-order valence-electron chi connectivity index (χ3n) is 5.84. The summed E-state index contributed by atoms with van der Waals surface area (Å²) in [6, 6.07) is 19.1. The SMILES string of the molecule is C=C(OC)c1cc(C2CC2)cnc1Nc1ccc2c(-c3ccccc3)cn(C)c2c1. The number of nitrogens with one attached hydrogen (secondary N) is 1. The van der Waals surface area contributed by atoms with Crippen LogP contribution in [0.4, 0.5) is 11.5 Å². The number of ether oxygens (including phenoxy) is 1. The van der Waals surface area contributed by atoms with Gasteiger partial charge in [-0.3, -0.25) is 0 Å². The van der Waals surface area contributed by atoms with Crippen molar-refractivity contribution in [3.05, 3.63) is 84.7 Å². The van der Waals surface area contributed by atoms with Crippen molar-refractivity contribution < 1.29 is 4.74 Å². The molecule has 0 saturated heterocycles. The maximum absolute atomic E-state index is 5.43. The van der Waals surface area contributed by atoms with Crippen molar-refractivity contribution in [2.75, 3.05) is 12.4 Å². The van der Waals surface area contributed by atoms with Crippen molar-refractivity contribution in [2.45, 2.75) is 18.8 Å². The highest BCUT2D eigenvalue weighted by molar-refractivity contribution is 5.97. The van der Waals surface area contributed by atoms with Gasteiger partial charge in [0.05, 0.1) is 18.2 Å². The lowest BCUT2D eigenvalue weighted by Crippen LogP contribution is -2.01. The van der Waals surface area contributed by atoms with Gasteiger partial charge in [-0.2, -0.15) is 0 Å². The molecule has 1 aliphatic carbocycles. The van der Waals surface area contributed by atoms with Gasteiger partial charge < -0.3 is 14.6 Å². The molecule has 4 nitrogen and oxygen atoms in total. The Morgan fingerprint density at radius 2 is 1.93 bits per heavy atom. The molecule has 1 N–H and O–H groups in total. The number of nitrogens with zero attached hydrogens (tertiary/aromatic N) is 2. The van der Waals surface area contributed by atoms with Gasteiger partial charge in [-0.05, 0) is 48.1 Å². The molecule has 4 aromatic rings. The Morgan fingerprint density at radius 3 is 2.67 bits per heavy atom. The van der Waals surface area contributed by atoms with Crippen molar-refractivity contribution in [2.24, 2.45) is 7.05 Å². The van der Waals surface area contributed by atoms with Crippen LogP contribution >= 0.6 is 0 Å². The summed E-state index contributed by atoms with van der Waals surface area (Å²) in [5, 5.41) is 4.71. The molecule has 0 amide bonds. The van der Waals surface area contributed by atoms with E-state index in [2.05, 4.69) is 78.2 Å². The highest BCUT2D eigenvalue weighted by Gasteiger charge is 2.25. The van der Waals surface area contributed by atoms with Crippen molar-refractivity contribution in [3.63, 3.8) is 0 Å². The minimum atomic E-state index is 0.624. The maximum atomic E-state index is 5.43. The van der Waals surface area contributed by atoms with Gasteiger partial charge in [0, 0.05) is 36.1 Å². The number of pyridine rings is 1. The van der Waals surface area contributed by atoms with Crippen LogP contribution in [-0.4, -0.2) is 16.7 Å². The topological polar surface area (TPSA) is 39.1 Å². The second kappa shape index (κ2) is 7.38. The lowest BCUT2D eigenvalue weighted by molar-refractivity contribution is 0.371. The van der Waals surface area contributed by atoms with Gasteiger partial charge in [0.1, 0.15) is 11.6 Å². The number of hydrogen-bond donors (Lipinski definition) is 1. The van der Waals surface area contributed by atoms with E-state index in [0.717, 1.165) is 17.1 Å². The van der Waals surface area contributed by atoms with Crippen LogP contribution in [0.1, 0.15) is 29.9 Å². The largest absolute Gasteiger partial charge is 0.497 e. The van der Waals surface area contributed by atoms with Crippen LogP contribution < -0.4 is 5.32 Å². The summed E-state index contributed by atoms with van der Waals surface area (Å²) < 4.78 is 7.60. The van der Waals surface area contributed by atoms with Gasteiger partial charge >= 0.3 is 0 Å². The normalized spacial score (nSPS) is 13.4. The summed E-state index contributed by atoms with van der Waals surface area (Å²) in [4.78, 5) is 4.70. The molecule has 5 rings (SSSR count). The zero-order valence-corrected chi connectivity index (χ0v) is 17.4. The molecule has 2 aromatic carbocycles. The molecule has 2 heterocycles. The third-order valence-corrected chi connectivity index (χ3v) is 5.84. The molecule has 1 aliphatic rings. The van der Waals surface area contributed by atoms with Crippen LogP contribution in [0, 0.1) is 0 Å². The van der Waals surface area contributed by atoms with Gasteiger partial charge in [-0.15, -0.1) is 0 Å². The van der Waals surface area contributed by atoms with Crippen LogP contribution in [0.3, 0.4) is 0 Å². The third kappa shape index (κ3) is 3.35. The monoisotopic (exact) mass is 395 g/mol. The highest BCUT2D eigenvalue weighted by Crippen LogP contribution is 2.41. The minimum Gasteiger partial charge on any atom is -0.497 e. The molecular formula is C26H25N3O. The van der Waals surface area contributed by atoms with E-state index in [-0.39, 0.29) is 0 Å². The van der Waals surface area contributed by atoms with Crippen molar-refractivity contribution in [1.82, 2.24) is 9.55 Å². The summed E-state index contributed by atoms with van der Waals surface area (Å²) in [6.07, 6.45) is 6.63. The first-order valence-corrected chi connectivity index (χ1v) is 10.3. The van der Waals surface area contributed by atoms with Crippen LogP contribution in [-0.2, 0) is 11.8 Å². The van der Waals surface area contributed by atoms with Crippen LogP contribution in [0.15, 0.2) is 73.6 Å². The molecule has 0 atom stereocenters. The first-order chi connectivity index (χ1) is 14.6. The fourth-order valence-electron chi connectivity index (χ4n) is 3.99. The van der Waals surface area contributed by atoms with Gasteiger partial charge in [-0.1, -0.05) is 43.0 Å². The lowest BCUT2D eigenvalue weighted by atomic mass is 10.0. The first-order valence-electron chi connectivity index (χ1n) is 10.3. The van der Waals surface area contributed by atoms with E-state index in [4.69, 9.17) is 9.72 Å². The number of aromatic nitrogens is 2. The Balaban J connectivity index is 1.52. The number of methoxy groups -OCH3 is 1. The Labute approximate surface area is 176 Å². The predicted molar refractivity (Wildman–Crippen MR) is 124 cm³/mol. The summed E-state index contributed by atoms with van der Waals surface area (Å²) >= 11 is 0. The zero-order valence-electron chi connectivity index (χ0n) is 17.4. The smallest absolute Gasteiger partial charge is 0.141 e. The standard InChI is InChI=1S/C26H25N3O/c1-17(30-3)23-13-20(18-9-10-18)15-27-26(23)28-21-11-12-22-24(16-29(2)25(22)14-21)19-7-5-4-6-8-19/h4-8,11-16,18H,1,9-10H2,2-3H3,(H,27,28). The summed E-state index contributed by atoms with van der Waals surface area (Å²) in [6.45, 7) is 4.06.